The highest BCUT2D eigenvalue weighted by Gasteiger charge is 2.29. The number of likely N-dealkylation sites (tertiary alicyclic amines) is 1. The summed E-state index contributed by atoms with van der Waals surface area (Å²) < 4.78 is 5.45. The van der Waals surface area contributed by atoms with Gasteiger partial charge in [0.25, 0.3) is 5.91 Å². The third kappa shape index (κ3) is 5.70. The van der Waals surface area contributed by atoms with Gasteiger partial charge in [0.05, 0.1) is 5.69 Å². The Kier molecular flexibility index (Phi) is 6.49. The van der Waals surface area contributed by atoms with Crippen LogP contribution in [0.2, 0.25) is 5.02 Å². The van der Waals surface area contributed by atoms with Crippen molar-refractivity contribution in [1.29, 1.82) is 0 Å². The SMILES string of the molecule is Cc1nc(-c2ccc(Cl)cc2)sc1C(=O)NC1CCCN(C(=O)OC(C)(C)C)C1. The van der Waals surface area contributed by atoms with E-state index in [9.17, 15) is 9.59 Å². The lowest BCUT2D eigenvalue weighted by Crippen LogP contribution is -2.50. The van der Waals surface area contributed by atoms with Crippen molar-refractivity contribution < 1.29 is 14.3 Å². The summed E-state index contributed by atoms with van der Waals surface area (Å²) in [6, 6.07) is 7.29. The van der Waals surface area contributed by atoms with E-state index in [2.05, 4.69) is 10.3 Å². The van der Waals surface area contributed by atoms with E-state index in [4.69, 9.17) is 16.3 Å². The zero-order valence-electron chi connectivity index (χ0n) is 17.1. The standard InChI is InChI=1S/C21H26ClN3O3S/c1-13-17(29-19(23-13)14-7-9-15(22)10-8-14)18(26)24-16-6-5-11-25(12-16)20(27)28-21(2,3)4/h7-10,16H,5-6,11-12H2,1-4H3,(H,24,26). The fourth-order valence-electron chi connectivity index (χ4n) is 3.16. The van der Waals surface area contributed by atoms with Crippen molar-refractivity contribution in [2.24, 2.45) is 0 Å². The minimum atomic E-state index is -0.537. The molecule has 2 aromatic rings. The monoisotopic (exact) mass is 435 g/mol. The van der Waals surface area contributed by atoms with Gasteiger partial charge in [-0.2, -0.15) is 0 Å². The summed E-state index contributed by atoms with van der Waals surface area (Å²) >= 11 is 7.30. The van der Waals surface area contributed by atoms with Crippen molar-refractivity contribution in [3.63, 3.8) is 0 Å². The van der Waals surface area contributed by atoms with Gasteiger partial charge in [-0.15, -0.1) is 11.3 Å². The maximum atomic E-state index is 12.8. The summed E-state index contributed by atoms with van der Waals surface area (Å²) in [5.74, 6) is -0.156. The molecule has 1 saturated heterocycles. The molecule has 0 radical (unpaired) electrons. The van der Waals surface area contributed by atoms with Gasteiger partial charge in [0.2, 0.25) is 0 Å². The Morgan fingerprint density at radius 2 is 1.97 bits per heavy atom. The molecule has 0 aliphatic carbocycles. The van der Waals surface area contributed by atoms with Crippen LogP contribution in [0.3, 0.4) is 0 Å². The smallest absolute Gasteiger partial charge is 0.410 e. The molecule has 1 aromatic heterocycles. The van der Waals surface area contributed by atoms with Crippen molar-refractivity contribution in [3.8, 4) is 10.6 Å². The van der Waals surface area contributed by atoms with Crippen LogP contribution < -0.4 is 5.32 Å². The van der Waals surface area contributed by atoms with Crippen molar-refractivity contribution in [1.82, 2.24) is 15.2 Å². The number of aromatic nitrogens is 1. The van der Waals surface area contributed by atoms with Gasteiger partial charge in [-0.3, -0.25) is 4.79 Å². The third-order valence-electron chi connectivity index (χ3n) is 4.50. The zero-order chi connectivity index (χ0) is 21.2. The molecule has 156 valence electrons. The molecule has 0 saturated carbocycles. The first-order valence-electron chi connectivity index (χ1n) is 9.64. The lowest BCUT2D eigenvalue weighted by Gasteiger charge is -2.34. The summed E-state index contributed by atoms with van der Waals surface area (Å²) in [6.07, 6.45) is 1.31. The van der Waals surface area contributed by atoms with E-state index >= 15 is 0 Å². The number of hydrogen-bond acceptors (Lipinski definition) is 5. The molecule has 1 atom stereocenters. The molecule has 8 heteroatoms. The van der Waals surface area contributed by atoms with Gasteiger partial charge in [0.15, 0.2) is 0 Å². The Bertz CT molecular complexity index is 890. The van der Waals surface area contributed by atoms with Gasteiger partial charge in [-0.25, -0.2) is 9.78 Å². The minimum absolute atomic E-state index is 0.107. The van der Waals surface area contributed by atoms with Crippen molar-refractivity contribution in [2.75, 3.05) is 13.1 Å². The first-order valence-corrected chi connectivity index (χ1v) is 10.8. The first-order chi connectivity index (χ1) is 13.6. The number of benzene rings is 1. The quantitative estimate of drug-likeness (QED) is 0.744. The van der Waals surface area contributed by atoms with Crippen molar-refractivity contribution >= 4 is 34.9 Å². The fraction of sp³-hybridized carbons (Fsp3) is 0.476. The van der Waals surface area contributed by atoms with E-state index in [1.165, 1.54) is 11.3 Å². The number of aryl methyl sites for hydroxylation is 1. The van der Waals surface area contributed by atoms with Crippen LogP contribution in [0.15, 0.2) is 24.3 Å². The van der Waals surface area contributed by atoms with Gasteiger partial charge in [0, 0.05) is 29.7 Å². The predicted molar refractivity (Wildman–Crippen MR) is 116 cm³/mol. The largest absolute Gasteiger partial charge is 0.444 e. The maximum absolute atomic E-state index is 12.8. The number of thiazole rings is 1. The summed E-state index contributed by atoms with van der Waals surface area (Å²) in [6.45, 7) is 8.46. The number of halogens is 1. The zero-order valence-corrected chi connectivity index (χ0v) is 18.7. The molecule has 29 heavy (non-hydrogen) atoms. The van der Waals surface area contributed by atoms with Crippen LogP contribution in [0.25, 0.3) is 10.6 Å². The van der Waals surface area contributed by atoms with Gasteiger partial charge in [0.1, 0.15) is 15.5 Å². The lowest BCUT2D eigenvalue weighted by atomic mass is 10.1. The fourth-order valence-corrected chi connectivity index (χ4v) is 4.26. The van der Waals surface area contributed by atoms with Gasteiger partial charge < -0.3 is 15.0 Å². The molecule has 1 fully saturated rings. The Morgan fingerprint density at radius 1 is 1.28 bits per heavy atom. The Morgan fingerprint density at radius 3 is 2.62 bits per heavy atom. The highest BCUT2D eigenvalue weighted by Crippen LogP contribution is 2.29. The van der Waals surface area contributed by atoms with Crippen molar-refractivity contribution in [2.45, 2.75) is 52.2 Å². The molecule has 1 N–H and O–H groups in total. The van der Waals surface area contributed by atoms with E-state index in [-0.39, 0.29) is 18.0 Å². The Hall–Kier alpha value is -2.12. The molecule has 3 rings (SSSR count). The molecule has 1 unspecified atom stereocenters. The molecule has 1 aliphatic heterocycles. The summed E-state index contributed by atoms with van der Waals surface area (Å²) in [5.41, 5.74) is 1.08. The van der Waals surface area contributed by atoms with E-state index in [1.54, 1.807) is 17.0 Å². The number of ether oxygens (including phenoxy) is 1. The number of hydrogen-bond donors (Lipinski definition) is 1. The van der Waals surface area contributed by atoms with Crippen LogP contribution in [0, 0.1) is 6.92 Å². The maximum Gasteiger partial charge on any atom is 0.410 e. The highest BCUT2D eigenvalue weighted by molar-refractivity contribution is 7.17. The van der Waals surface area contributed by atoms with Crippen LogP contribution in [0.4, 0.5) is 4.79 Å². The highest BCUT2D eigenvalue weighted by atomic mass is 35.5. The number of carbonyl (C=O) groups is 2. The normalized spacial score (nSPS) is 17.1. The van der Waals surface area contributed by atoms with E-state index in [0.717, 1.165) is 23.4 Å². The Balaban J connectivity index is 1.65. The van der Waals surface area contributed by atoms with Crippen LogP contribution in [-0.4, -0.2) is 46.6 Å². The molecule has 0 spiro atoms. The molecular formula is C21H26ClN3O3S. The van der Waals surface area contributed by atoms with Crippen LogP contribution in [0.1, 0.15) is 49.0 Å². The van der Waals surface area contributed by atoms with Gasteiger partial charge in [-0.1, -0.05) is 23.7 Å². The third-order valence-corrected chi connectivity index (χ3v) is 5.96. The number of nitrogens with one attached hydrogen (secondary N) is 1. The molecule has 2 amide bonds. The van der Waals surface area contributed by atoms with Crippen LogP contribution >= 0.6 is 22.9 Å². The summed E-state index contributed by atoms with van der Waals surface area (Å²) in [7, 11) is 0. The summed E-state index contributed by atoms with van der Waals surface area (Å²) in [5, 5.41) is 4.50. The molecule has 1 aliphatic rings. The molecule has 6 nitrogen and oxygen atoms in total. The second-order valence-corrected chi connectivity index (χ2v) is 9.61. The number of piperidine rings is 1. The molecular weight excluding hydrogens is 410 g/mol. The molecule has 0 bridgehead atoms. The number of carbonyl (C=O) groups excluding carboxylic acids is 2. The second kappa shape index (κ2) is 8.71. The topological polar surface area (TPSA) is 71.5 Å². The van der Waals surface area contributed by atoms with Gasteiger partial charge in [-0.05, 0) is 52.7 Å². The number of nitrogens with zero attached hydrogens (tertiary/aromatic N) is 2. The van der Waals surface area contributed by atoms with Gasteiger partial charge >= 0.3 is 6.09 Å². The van der Waals surface area contributed by atoms with Crippen LogP contribution in [-0.2, 0) is 4.74 Å². The molecule has 1 aromatic carbocycles. The van der Waals surface area contributed by atoms with Crippen LogP contribution in [0.5, 0.6) is 0 Å². The second-order valence-electron chi connectivity index (χ2n) is 8.18. The van der Waals surface area contributed by atoms with E-state index in [1.807, 2.05) is 39.8 Å². The first kappa shape index (κ1) is 21.6. The lowest BCUT2D eigenvalue weighted by molar-refractivity contribution is 0.0185. The molecule has 2 heterocycles. The number of rotatable bonds is 3. The summed E-state index contributed by atoms with van der Waals surface area (Å²) in [4.78, 5) is 32.0. The Labute approximate surface area is 180 Å². The average molecular weight is 436 g/mol. The van der Waals surface area contributed by atoms with E-state index < -0.39 is 5.60 Å². The van der Waals surface area contributed by atoms with Crippen molar-refractivity contribution in [3.05, 3.63) is 39.9 Å². The number of amides is 2. The minimum Gasteiger partial charge on any atom is -0.444 e. The predicted octanol–water partition coefficient (Wildman–Crippen LogP) is 4.90. The average Bonchev–Trinajstić information content (AvgIpc) is 3.03. The van der Waals surface area contributed by atoms with E-state index in [0.29, 0.717) is 28.7 Å².